The lowest BCUT2D eigenvalue weighted by atomic mass is 10.1. The van der Waals surface area contributed by atoms with Crippen LogP contribution in [0.15, 0.2) is 18.2 Å². The van der Waals surface area contributed by atoms with Gasteiger partial charge >= 0.3 is 0 Å². The zero-order valence-electron chi connectivity index (χ0n) is 8.30. The van der Waals surface area contributed by atoms with Crippen LogP contribution in [0.5, 0.6) is 0 Å². The van der Waals surface area contributed by atoms with E-state index >= 15 is 0 Å². The molecule has 1 nitrogen and oxygen atoms in total. The summed E-state index contributed by atoms with van der Waals surface area (Å²) < 4.78 is 5.10. The van der Waals surface area contributed by atoms with Gasteiger partial charge in [-0.3, -0.25) is 0 Å². The van der Waals surface area contributed by atoms with E-state index in [0.717, 1.165) is 0 Å². The molecule has 0 saturated heterocycles. The molecule has 0 radical (unpaired) electrons. The average molecular weight is 243 g/mol. The quantitative estimate of drug-likeness (QED) is 0.737. The minimum Gasteiger partial charge on any atom is -0.380 e. The molecule has 13 heavy (non-hydrogen) atoms. The topological polar surface area (TPSA) is 9.23 Å². The molecule has 2 heteroatoms. The highest BCUT2D eigenvalue weighted by Gasteiger charge is 2.03. The van der Waals surface area contributed by atoms with Crippen molar-refractivity contribution in [3.63, 3.8) is 0 Å². The molecule has 0 aliphatic heterocycles. The van der Waals surface area contributed by atoms with Crippen LogP contribution in [0.25, 0.3) is 0 Å². The van der Waals surface area contributed by atoms with Gasteiger partial charge in [-0.15, -0.1) is 0 Å². The Balaban J connectivity index is 2.96. The summed E-state index contributed by atoms with van der Waals surface area (Å²) in [6.07, 6.45) is 0. The van der Waals surface area contributed by atoms with E-state index in [4.69, 9.17) is 4.74 Å². The first kappa shape index (κ1) is 10.7. The molecular formula is C11H15BrO. The van der Waals surface area contributed by atoms with Gasteiger partial charge in [0.2, 0.25) is 0 Å². The summed E-state index contributed by atoms with van der Waals surface area (Å²) in [5.74, 6) is 0. The fourth-order valence-electron chi connectivity index (χ4n) is 1.37. The Kier molecular flexibility index (Phi) is 3.94. The molecule has 1 atom stereocenters. The second kappa shape index (κ2) is 4.77. The monoisotopic (exact) mass is 242 g/mol. The van der Waals surface area contributed by atoms with E-state index in [1.54, 1.807) is 7.11 Å². The van der Waals surface area contributed by atoms with Crippen molar-refractivity contribution < 1.29 is 4.74 Å². The Morgan fingerprint density at radius 1 is 1.38 bits per heavy atom. The van der Waals surface area contributed by atoms with Gasteiger partial charge in [0, 0.05) is 11.9 Å². The van der Waals surface area contributed by atoms with Gasteiger partial charge in [-0.1, -0.05) is 39.7 Å². The maximum absolute atomic E-state index is 5.10. The van der Waals surface area contributed by atoms with Crippen molar-refractivity contribution in [2.24, 2.45) is 0 Å². The number of benzene rings is 1. The summed E-state index contributed by atoms with van der Waals surface area (Å²) in [6.45, 7) is 4.93. The van der Waals surface area contributed by atoms with Gasteiger partial charge in [0.15, 0.2) is 0 Å². The lowest BCUT2D eigenvalue weighted by molar-refractivity contribution is 0.185. The Morgan fingerprint density at radius 2 is 2.08 bits per heavy atom. The van der Waals surface area contributed by atoms with Crippen LogP contribution in [0.4, 0.5) is 0 Å². The van der Waals surface area contributed by atoms with E-state index in [2.05, 4.69) is 48.0 Å². The van der Waals surface area contributed by atoms with Gasteiger partial charge in [0.1, 0.15) is 0 Å². The number of methoxy groups -OCH3 is 1. The standard InChI is InChI=1S/C11H15BrO/c1-8-4-10(7-13-3)6-11(5-8)9(2)12/h4-6,9H,7H2,1-3H3. The molecule has 0 heterocycles. The van der Waals surface area contributed by atoms with Crippen molar-refractivity contribution in [3.05, 3.63) is 34.9 Å². The van der Waals surface area contributed by atoms with Crippen molar-refractivity contribution in [3.8, 4) is 0 Å². The maximum Gasteiger partial charge on any atom is 0.0713 e. The molecule has 0 aromatic heterocycles. The molecule has 0 bridgehead atoms. The molecule has 72 valence electrons. The molecule has 0 fully saturated rings. The Bertz CT molecular complexity index is 281. The number of hydrogen-bond acceptors (Lipinski definition) is 1. The minimum absolute atomic E-state index is 0.406. The second-order valence-electron chi connectivity index (χ2n) is 3.30. The predicted molar refractivity (Wildman–Crippen MR) is 59.2 cm³/mol. The van der Waals surface area contributed by atoms with Crippen LogP contribution < -0.4 is 0 Å². The summed E-state index contributed by atoms with van der Waals surface area (Å²) >= 11 is 3.56. The summed E-state index contributed by atoms with van der Waals surface area (Å²) in [5.41, 5.74) is 3.84. The fraction of sp³-hybridized carbons (Fsp3) is 0.455. The predicted octanol–water partition coefficient (Wildman–Crippen LogP) is 3.60. The van der Waals surface area contributed by atoms with Gasteiger partial charge in [-0.25, -0.2) is 0 Å². The molecule has 0 N–H and O–H groups in total. The SMILES string of the molecule is COCc1cc(C)cc(C(C)Br)c1. The van der Waals surface area contributed by atoms with Crippen molar-refractivity contribution in [1.29, 1.82) is 0 Å². The normalized spacial score (nSPS) is 12.9. The third-order valence-corrected chi connectivity index (χ3v) is 2.46. The molecule has 0 aliphatic rings. The van der Waals surface area contributed by atoms with Crippen LogP contribution in [-0.2, 0) is 11.3 Å². The van der Waals surface area contributed by atoms with Crippen LogP contribution in [0.2, 0.25) is 0 Å². The van der Waals surface area contributed by atoms with Gasteiger partial charge < -0.3 is 4.74 Å². The molecule has 0 saturated carbocycles. The Morgan fingerprint density at radius 3 is 2.62 bits per heavy atom. The Hall–Kier alpha value is -0.340. The van der Waals surface area contributed by atoms with E-state index in [-0.39, 0.29) is 0 Å². The molecule has 1 aromatic carbocycles. The summed E-state index contributed by atoms with van der Waals surface area (Å²) in [5, 5.41) is 0. The smallest absolute Gasteiger partial charge is 0.0713 e. The van der Waals surface area contributed by atoms with Crippen molar-refractivity contribution in [2.45, 2.75) is 25.3 Å². The van der Waals surface area contributed by atoms with Crippen molar-refractivity contribution in [2.75, 3.05) is 7.11 Å². The van der Waals surface area contributed by atoms with E-state index in [0.29, 0.717) is 11.4 Å². The van der Waals surface area contributed by atoms with E-state index in [9.17, 15) is 0 Å². The van der Waals surface area contributed by atoms with Crippen LogP contribution in [0.1, 0.15) is 28.4 Å². The molecule has 0 spiro atoms. The van der Waals surface area contributed by atoms with Crippen LogP contribution in [0, 0.1) is 6.92 Å². The van der Waals surface area contributed by atoms with Gasteiger partial charge in [-0.05, 0) is 25.0 Å². The number of aryl methyl sites for hydroxylation is 1. The van der Waals surface area contributed by atoms with Gasteiger partial charge in [0.05, 0.1) is 6.61 Å². The number of ether oxygens (including phenoxy) is 1. The third-order valence-electron chi connectivity index (χ3n) is 1.93. The molecular weight excluding hydrogens is 228 g/mol. The first-order chi connectivity index (χ1) is 6.13. The molecule has 1 aromatic rings. The second-order valence-corrected chi connectivity index (χ2v) is 4.67. The van der Waals surface area contributed by atoms with Crippen molar-refractivity contribution in [1.82, 2.24) is 0 Å². The number of halogens is 1. The third kappa shape index (κ3) is 3.12. The summed E-state index contributed by atoms with van der Waals surface area (Å²) in [4.78, 5) is 0.406. The first-order valence-electron chi connectivity index (χ1n) is 4.37. The van der Waals surface area contributed by atoms with E-state index in [1.807, 2.05) is 0 Å². The summed E-state index contributed by atoms with van der Waals surface area (Å²) in [7, 11) is 1.72. The molecule has 1 rings (SSSR count). The van der Waals surface area contributed by atoms with E-state index in [1.165, 1.54) is 16.7 Å². The van der Waals surface area contributed by atoms with Gasteiger partial charge in [-0.2, -0.15) is 0 Å². The van der Waals surface area contributed by atoms with Crippen molar-refractivity contribution >= 4 is 15.9 Å². The molecule has 0 amide bonds. The Labute approximate surface area is 88.2 Å². The zero-order chi connectivity index (χ0) is 9.84. The van der Waals surface area contributed by atoms with Crippen LogP contribution in [0.3, 0.4) is 0 Å². The zero-order valence-corrected chi connectivity index (χ0v) is 9.89. The number of alkyl halides is 1. The van der Waals surface area contributed by atoms with E-state index < -0.39 is 0 Å². The largest absolute Gasteiger partial charge is 0.380 e. The minimum atomic E-state index is 0.406. The van der Waals surface area contributed by atoms with Crippen LogP contribution >= 0.6 is 15.9 Å². The first-order valence-corrected chi connectivity index (χ1v) is 5.28. The highest BCUT2D eigenvalue weighted by atomic mass is 79.9. The number of hydrogen-bond donors (Lipinski definition) is 0. The highest BCUT2D eigenvalue weighted by Crippen LogP contribution is 2.23. The molecule has 0 aliphatic carbocycles. The van der Waals surface area contributed by atoms with Gasteiger partial charge in [0.25, 0.3) is 0 Å². The molecule has 1 unspecified atom stereocenters. The maximum atomic E-state index is 5.10. The lowest BCUT2D eigenvalue weighted by Crippen LogP contribution is -1.92. The average Bonchev–Trinajstić information content (AvgIpc) is 2.03. The fourth-order valence-corrected chi connectivity index (χ4v) is 1.64. The lowest BCUT2D eigenvalue weighted by Gasteiger charge is -2.08. The highest BCUT2D eigenvalue weighted by molar-refractivity contribution is 9.09. The number of rotatable bonds is 3. The van der Waals surface area contributed by atoms with Crippen LogP contribution in [-0.4, -0.2) is 7.11 Å². The summed E-state index contributed by atoms with van der Waals surface area (Å²) in [6, 6.07) is 6.52.